The zero-order valence-corrected chi connectivity index (χ0v) is 26.3. The lowest BCUT2D eigenvalue weighted by molar-refractivity contribution is 0.0535. The third-order valence-electron chi connectivity index (χ3n) is 7.19. The molecule has 1 heterocycles. The first kappa shape index (κ1) is 29.9. The second-order valence-electron chi connectivity index (χ2n) is 10.0. The molecule has 0 spiro atoms. The number of nitrogens with zero attached hydrogens (tertiary/aromatic N) is 2. The van der Waals surface area contributed by atoms with E-state index in [2.05, 4.69) is 56.1 Å². The molecule has 2 amide bonds. The summed E-state index contributed by atoms with van der Waals surface area (Å²) in [5, 5.41) is 0. The molecule has 0 atom stereocenters. The molecule has 4 aromatic carbocycles. The summed E-state index contributed by atoms with van der Waals surface area (Å²) in [6.45, 7) is 2.98. The van der Waals surface area contributed by atoms with Gasteiger partial charge < -0.3 is 19.3 Å². The summed E-state index contributed by atoms with van der Waals surface area (Å²) < 4.78 is 13.3. The Labute approximate surface area is 263 Å². The van der Waals surface area contributed by atoms with Gasteiger partial charge in [-0.3, -0.25) is 9.59 Å². The predicted molar refractivity (Wildman–Crippen MR) is 171 cm³/mol. The van der Waals surface area contributed by atoms with Crippen LogP contribution in [0.2, 0.25) is 0 Å². The second kappa shape index (κ2) is 14.5. The fourth-order valence-corrected chi connectivity index (χ4v) is 5.81. The number of carbonyl (C=O) groups excluding carboxylic acids is 2. The van der Waals surface area contributed by atoms with E-state index in [-0.39, 0.29) is 11.8 Å². The molecule has 1 saturated heterocycles. The number of hydrogen-bond acceptors (Lipinski definition) is 4. The average molecular weight is 692 g/mol. The number of carbonyl (C=O) groups is 2. The Kier molecular flexibility index (Phi) is 10.3. The minimum absolute atomic E-state index is 0.0571. The van der Waals surface area contributed by atoms with Crippen LogP contribution in [0.15, 0.2) is 106 Å². The molecule has 0 bridgehead atoms. The maximum atomic E-state index is 13.2. The fourth-order valence-electron chi connectivity index (χ4n) is 4.83. The molecule has 0 aromatic heterocycles. The zero-order valence-electron chi connectivity index (χ0n) is 23.2. The van der Waals surface area contributed by atoms with Crippen LogP contribution in [0.3, 0.4) is 0 Å². The van der Waals surface area contributed by atoms with Crippen molar-refractivity contribution in [3.63, 3.8) is 0 Å². The lowest BCUT2D eigenvalue weighted by Gasteiger charge is -2.35. The number of halogens is 2. The van der Waals surface area contributed by atoms with Crippen LogP contribution in [0.1, 0.15) is 31.8 Å². The van der Waals surface area contributed by atoms with Crippen LogP contribution in [0.25, 0.3) is 0 Å². The summed E-state index contributed by atoms with van der Waals surface area (Å²) in [5.74, 6) is 1.30. The SMILES string of the molecule is O=C(c1ccc(OCCc2ccccc2)c(Br)c1)N1CCN(C(=O)c2ccc(OCCc3ccccc3)c(Br)c2)CC1. The van der Waals surface area contributed by atoms with Gasteiger partial charge >= 0.3 is 0 Å². The lowest BCUT2D eigenvalue weighted by Crippen LogP contribution is -2.50. The van der Waals surface area contributed by atoms with Gasteiger partial charge in [-0.05, 0) is 79.4 Å². The molecule has 216 valence electrons. The van der Waals surface area contributed by atoms with E-state index in [1.807, 2.05) is 48.5 Å². The van der Waals surface area contributed by atoms with E-state index in [9.17, 15) is 9.59 Å². The quantitative estimate of drug-likeness (QED) is 0.179. The average Bonchev–Trinajstić information content (AvgIpc) is 3.03. The molecule has 4 aromatic rings. The maximum absolute atomic E-state index is 13.2. The number of rotatable bonds is 10. The van der Waals surface area contributed by atoms with E-state index in [0.717, 1.165) is 21.8 Å². The van der Waals surface area contributed by atoms with Gasteiger partial charge in [0.25, 0.3) is 11.8 Å². The molecule has 0 N–H and O–H groups in total. The fraction of sp³-hybridized carbons (Fsp3) is 0.235. The van der Waals surface area contributed by atoms with Gasteiger partial charge in [-0.1, -0.05) is 60.7 Å². The molecule has 42 heavy (non-hydrogen) atoms. The highest BCUT2D eigenvalue weighted by Gasteiger charge is 2.26. The summed E-state index contributed by atoms with van der Waals surface area (Å²) >= 11 is 7.11. The molecular weight excluding hydrogens is 660 g/mol. The van der Waals surface area contributed by atoms with Gasteiger partial charge in [0.15, 0.2) is 0 Å². The Morgan fingerprint density at radius 1 is 0.571 bits per heavy atom. The number of ether oxygens (including phenoxy) is 2. The Balaban J connectivity index is 1.10. The molecule has 1 aliphatic rings. The predicted octanol–water partition coefficient (Wildman–Crippen LogP) is 7.05. The maximum Gasteiger partial charge on any atom is 0.254 e. The van der Waals surface area contributed by atoms with Crippen LogP contribution in [-0.2, 0) is 12.8 Å². The van der Waals surface area contributed by atoms with Crippen LogP contribution in [-0.4, -0.2) is 61.0 Å². The number of hydrogen-bond donors (Lipinski definition) is 0. The highest BCUT2D eigenvalue weighted by atomic mass is 79.9. The summed E-state index contributed by atoms with van der Waals surface area (Å²) in [7, 11) is 0. The van der Waals surface area contributed by atoms with Gasteiger partial charge in [0, 0.05) is 50.1 Å². The Hall–Kier alpha value is -3.62. The van der Waals surface area contributed by atoms with Crippen LogP contribution in [0.5, 0.6) is 11.5 Å². The summed E-state index contributed by atoms with van der Waals surface area (Å²) in [6.07, 6.45) is 1.61. The highest BCUT2D eigenvalue weighted by molar-refractivity contribution is 9.10. The van der Waals surface area contributed by atoms with E-state index in [0.29, 0.717) is 62.0 Å². The van der Waals surface area contributed by atoms with E-state index >= 15 is 0 Å². The van der Waals surface area contributed by atoms with Crippen molar-refractivity contribution in [1.82, 2.24) is 9.80 Å². The van der Waals surface area contributed by atoms with E-state index in [1.54, 1.807) is 34.1 Å². The largest absolute Gasteiger partial charge is 0.492 e. The van der Waals surface area contributed by atoms with E-state index in [4.69, 9.17) is 9.47 Å². The Morgan fingerprint density at radius 3 is 1.31 bits per heavy atom. The molecule has 0 radical (unpaired) electrons. The van der Waals surface area contributed by atoms with Gasteiger partial charge in [-0.25, -0.2) is 0 Å². The number of amides is 2. The van der Waals surface area contributed by atoms with Crippen molar-refractivity contribution in [2.24, 2.45) is 0 Å². The van der Waals surface area contributed by atoms with Gasteiger partial charge in [0.05, 0.1) is 22.2 Å². The third kappa shape index (κ3) is 7.81. The lowest BCUT2D eigenvalue weighted by atomic mass is 10.1. The topological polar surface area (TPSA) is 59.1 Å². The zero-order chi connectivity index (χ0) is 29.3. The molecule has 0 saturated carbocycles. The van der Waals surface area contributed by atoms with Crippen LogP contribution in [0, 0.1) is 0 Å². The summed E-state index contributed by atoms with van der Waals surface area (Å²) in [6, 6.07) is 31.2. The standard InChI is InChI=1S/C34H32Br2N2O4/c35-29-23-27(11-13-31(29)41-21-15-25-7-3-1-4-8-25)33(39)37-17-19-38(20-18-37)34(40)28-12-14-32(30(36)24-28)42-22-16-26-9-5-2-6-10-26/h1-14,23-24H,15-22H2. The first-order valence-corrected chi connectivity index (χ1v) is 15.6. The molecule has 1 aliphatic heterocycles. The smallest absolute Gasteiger partial charge is 0.254 e. The van der Waals surface area contributed by atoms with Gasteiger partial charge in [0.1, 0.15) is 11.5 Å². The molecule has 8 heteroatoms. The summed E-state index contributed by atoms with van der Waals surface area (Å²) in [5.41, 5.74) is 3.60. The van der Waals surface area contributed by atoms with Crippen LogP contribution >= 0.6 is 31.9 Å². The number of benzene rings is 4. The van der Waals surface area contributed by atoms with E-state index < -0.39 is 0 Å². The Bertz CT molecular complexity index is 1390. The third-order valence-corrected chi connectivity index (χ3v) is 8.43. The highest BCUT2D eigenvalue weighted by Crippen LogP contribution is 2.28. The monoisotopic (exact) mass is 690 g/mol. The first-order chi connectivity index (χ1) is 20.5. The van der Waals surface area contributed by atoms with Crippen molar-refractivity contribution < 1.29 is 19.1 Å². The molecule has 6 nitrogen and oxygen atoms in total. The molecule has 0 unspecified atom stereocenters. The Morgan fingerprint density at radius 2 is 0.952 bits per heavy atom. The first-order valence-electron chi connectivity index (χ1n) is 14.0. The van der Waals surface area contributed by atoms with Crippen molar-refractivity contribution in [3.05, 3.63) is 128 Å². The van der Waals surface area contributed by atoms with Crippen molar-refractivity contribution in [3.8, 4) is 11.5 Å². The molecule has 5 rings (SSSR count). The molecule has 1 fully saturated rings. The van der Waals surface area contributed by atoms with Gasteiger partial charge in [-0.2, -0.15) is 0 Å². The van der Waals surface area contributed by atoms with Crippen LogP contribution < -0.4 is 9.47 Å². The second-order valence-corrected chi connectivity index (χ2v) is 11.8. The van der Waals surface area contributed by atoms with Crippen molar-refractivity contribution in [1.29, 1.82) is 0 Å². The minimum atomic E-state index is -0.0571. The normalized spacial score (nSPS) is 13.1. The van der Waals surface area contributed by atoms with Crippen LogP contribution in [0.4, 0.5) is 0 Å². The van der Waals surface area contributed by atoms with E-state index in [1.165, 1.54) is 11.1 Å². The molecular formula is C34H32Br2N2O4. The van der Waals surface area contributed by atoms with Crippen molar-refractivity contribution in [2.75, 3.05) is 39.4 Å². The number of piperazine rings is 1. The summed E-state index contributed by atoms with van der Waals surface area (Å²) in [4.78, 5) is 30.0. The minimum Gasteiger partial charge on any atom is -0.492 e. The molecule has 0 aliphatic carbocycles. The van der Waals surface area contributed by atoms with Gasteiger partial charge in [-0.15, -0.1) is 0 Å². The van der Waals surface area contributed by atoms with Crippen molar-refractivity contribution >= 4 is 43.7 Å². The van der Waals surface area contributed by atoms with Gasteiger partial charge in [0.2, 0.25) is 0 Å². The van der Waals surface area contributed by atoms with Crippen molar-refractivity contribution in [2.45, 2.75) is 12.8 Å².